The minimum absolute atomic E-state index is 0.241. The molecule has 1 fully saturated rings. The zero-order valence-electron chi connectivity index (χ0n) is 12.7. The van der Waals surface area contributed by atoms with Gasteiger partial charge in [-0.1, -0.05) is 18.6 Å². The Balaban J connectivity index is 1.91. The highest BCUT2D eigenvalue weighted by Crippen LogP contribution is 2.18. The Morgan fingerprint density at radius 2 is 2.25 bits per heavy atom. The lowest BCUT2D eigenvalue weighted by molar-refractivity contribution is -0.118. The summed E-state index contributed by atoms with van der Waals surface area (Å²) in [4.78, 5) is 14.3. The van der Waals surface area contributed by atoms with Crippen molar-refractivity contribution in [1.29, 1.82) is 0 Å². The standard InChI is InChI=1S/C17H26N2O/c1-3-19(16-9-6-7-14(2)13-16)17(20)11-10-15-8-4-5-12-18-15/h6-7,9,13,15,18H,3-5,8,10-12H2,1-2H3. The third-order valence-corrected chi connectivity index (χ3v) is 4.05. The van der Waals surface area contributed by atoms with Gasteiger partial charge in [0.15, 0.2) is 0 Å². The number of carbonyl (C=O) groups excluding carboxylic acids is 1. The molecule has 2 rings (SSSR count). The largest absolute Gasteiger partial charge is 0.314 e. The van der Waals surface area contributed by atoms with Gasteiger partial charge in [-0.25, -0.2) is 0 Å². The molecule has 0 saturated carbocycles. The van der Waals surface area contributed by atoms with Crippen molar-refractivity contribution in [2.24, 2.45) is 0 Å². The molecule has 1 aliphatic heterocycles. The number of aryl methyl sites for hydroxylation is 1. The van der Waals surface area contributed by atoms with E-state index in [1.54, 1.807) is 0 Å². The van der Waals surface area contributed by atoms with Crippen LogP contribution in [0.25, 0.3) is 0 Å². The van der Waals surface area contributed by atoms with E-state index in [-0.39, 0.29) is 5.91 Å². The Hall–Kier alpha value is -1.35. The number of anilines is 1. The number of piperidine rings is 1. The molecule has 1 aromatic rings. The second-order valence-corrected chi connectivity index (χ2v) is 5.66. The monoisotopic (exact) mass is 274 g/mol. The second-order valence-electron chi connectivity index (χ2n) is 5.66. The summed E-state index contributed by atoms with van der Waals surface area (Å²) in [6.45, 7) is 5.95. The van der Waals surface area contributed by atoms with Gasteiger partial charge in [0, 0.05) is 24.7 Å². The van der Waals surface area contributed by atoms with Crippen LogP contribution >= 0.6 is 0 Å². The highest BCUT2D eigenvalue weighted by Gasteiger charge is 2.18. The molecule has 1 unspecified atom stereocenters. The highest BCUT2D eigenvalue weighted by atomic mass is 16.2. The first-order valence-corrected chi connectivity index (χ1v) is 7.81. The van der Waals surface area contributed by atoms with Crippen LogP contribution in [0.1, 0.15) is 44.6 Å². The molecule has 0 bridgehead atoms. The van der Waals surface area contributed by atoms with Crippen LogP contribution in [0.15, 0.2) is 24.3 Å². The average molecular weight is 274 g/mol. The molecule has 1 aliphatic rings. The summed E-state index contributed by atoms with van der Waals surface area (Å²) in [7, 11) is 0. The van der Waals surface area contributed by atoms with Crippen molar-refractivity contribution in [3.8, 4) is 0 Å². The third kappa shape index (κ3) is 4.07. The maximum atomic E-state index is 12.4. The molecular formula is C17H26N2O. The van der Waals surface area contributed by atoms with E-state index in [2.05, 4.69) is 24.4 Å². The molecule has 1 saturated heterocycles. The van der Waals surface area contributed by atoms with Gasteiger partial charge in [-0.2, -0.15) is 0 Å². The maximum Gasteiger partial charge on any atom is 0.227 e. The van der Waals surface area contributed by atoms with Crippen LogP contribution in [0.3, 0.4) is 0 Å². The summed E-state index contributed by atoms with van der Waals surface area (Å²) in [5, 5.41) is 3.51. The van der Waals surface area contributed by atoms with Gasteiger partial charge in [0.05, 0.1) is 0 Å². The molecule has 1 N–H and O–H groups in total. The smallest absolute Gasteiger partial charge is 0.227 e. The number of amides is 1. The summed E-state index contributed by atoms with van der Waals surface area (Å²) in [5.41, 5.74) is 2.22. The number of hydrogen-bond acceptors (Lipinski definition) is 2. The van der Waals surface area contributed by atoms with Gasteiger partial charge >= 0.3 is 0 Å². The summed E-state index contributed by atoms with van der Waals surface area (Å²) in [6.07, 6.45) is 5.38. The van der Waals surface area contributed by atoms with E-state index in [0.29, 0.717) is 12.5 Å². The summed E-state index contributed by atoms with van der Waals surface area (Å²) in [5.74, 6) is 0.241. The molecule has 1 amide bonds. The van der Waals surface area contributed by atoms with E-state index >= 15 is 0 Å². The lowest BCUT2D eigenvalue weighted by Gasteiger charge is -2.25. The predicted molar refractivity (Wildman–Crippen MR) is 84.1 cm³/mol. The molecule has 0 spiro atoms. The predicted octanol–water partition coefficient (Wildman–Crippen LogP) is 3.27. The number of nitrogens with zero attached hydrogens (tertiary/aromatic N) is 1. The molecule has 110 valence electrons. The Labute approximate surface area is 122 Å². The average Bonchev–Trinajstić information content (AvgIpc) is 2.47. The van der Waals surface area contributed by atoms with Crippen molar-refractivity contribution >= 4 is 11.6 Å². The minimum Gasteiger partial charge on any atom is -0.314 e. The molecule has 1 atom stereocenters. The quantitative estimate of drug-likeness (QED) is 0.893. The SMILES string of the molecule is CCN(C(=O)CCC1CCCCN1)c1cccc(C)c1. The molecule has 20 heavy (non-hydrogen) atoms. The molecule has 0 aromatic heterocycles. The molecule has 0 aliphatic carbocycles. The second kappa shape index (κ2) is 7.44. The Kier molecular flexibility index (Phi) is 5.60. The van der Waals surface area contributed by atoms with Crippen molar-refractivity contribution < 1.29 is 4.79 Å². The zero-order chi connectivity index (χ0) is 14.4. The first-order chi connectivity index (χ1) is 9.70. The van der Waals surface area contributed by atoms with Gasteiger partial charge < -0.3 is 10.2 Å². The fourth-order valence-electron chi connectivity index (χ4n) is 2.90. The van der Waals surface area contributed by atoms with Crippen LogP contribution in [-0.4, -0.2) is 25.0 Å². The van der Waals surface area contributed by atoms with Gasteiger partial charge in [-0.15, -0.1) is 0 Å². The Morgan fingerprint density at radius 1 is 1.40 bits per heavy atom. The van der Waals surface area contributed by atoms with Crippen LogP contribution in [0.5, 0.6) is 0 Å². The number of hydrogen-bond donors (Lipinski definition) is 1. The summed E-state index contributed by atoms with van der Waals surface area (Å²) < 4.78 is 0. The van der Waals surface area contributed by atoms with Crippen LogP contribution < -0.4 is 10.2 Å². The molecule has 3 nitrogen and oxygen atoms in total. The van der Waals surface area contributed by atoms with Crippen LogP contribution in [0.2, 0.25) is 0 Å². The van der Waals surface area contributed by atoms with Crippen LogP contribution in [-0.2, 0) is 4.79 Å². The van der Waals surface area contributed by atoms with Gasteiger partial charge in [-0.3, -0.25) is 4.79 Å². The number of rotatable bonds is 5. The fourth-order valence-corrected chi connectivity index (χ4v) is 2.90. The fraction of sp³-hybridized carbons (Fsp3) is 0.588. The normalized spacial score (nSPS) is 18.8. The first kappa shape index (κ1) is 15.0. The molecule has 3 heteroatoms. The van der Waals surface area contributed by atoms with Gasteiger partial charge in [0.25, 0.3) is 0 Å². The maximum absolute atomic E-state index is 12.4. The lowest BCUT2D eigenvalue weighted by atomic mass is 10.00. The summed E-state index contributed by atoms with van der Waals surface area (Å²) >= 11 is 0. The first-order valence-electron chi connectivity index (χ1n) is 7.81. The van der Waals surface area contributed by atoms with Gasteiger partial charge in [0.2, 0.25) is 5.91 Å². The number of carbonyl (C=O) groups is 1. The van der Waals surface area contributed by atoms with E-state index in [0.717, 1.165) is 25.2 Å². The van der Waals surface area contributed by atoms with Crippen molar-refractivity contribution in [3.05, 3.63) is 29.8 Å². The Morgan fingerprint density at radius 3 is 2.90 bits per heavy atom. The van der Waals surface area contributed by atoms with E-state index in [1.807, 2.05) is 24.0 Å². The number of nitrogens with one attached hydrogen (secondary N) is 1. The molecule has 1 heterocycles. The lowest BCUT2D eigenvalue weighted by Crippen LogP contribution is -2.36. The topological polar surface area (TPSA) is 32.3 Å². The third-order valence-electron chi connectivity index (χ3n) is 4.05. The van der Waals surface area contributed by atoms with Crippen LogP contribution in [0, 0.1) is 6.92 Å². The highest BCUT2D eigenvalue weighted by molar-refractivity contribution is 5.93. The van der Waals surface area contributed by atoms with Crippen molar-refractivity contribution in [1.82, 2.24) is 5.32 Å². The van der Waals surface area contributed by atoms with E-state index < -0.39 is 0 Å². The summed E-state index contributed by atoms with van der Waals surface area (Å²) in [6, 6.07) is 8.72. The van der Waals surface area contributed by atoms with E-state index in [4.69, 9.17) is 0 Å². The van der Waals surface area contributed by atoms with Gasteiger partial charge in [-0.05, 0) is 57.4 Å². The zero-order valence-corrected chi connectivity index (χ0v) is 12.7. The number of benzene rings is 1. The van der Waals surface area contributed by atoms with E-state index in [1.165, 1.54) is 24.8 Å². The molecule has 0 radical (unpaired) electrons. The molecular weight excluding hydrogens is 248 g/mol. The van der Waals surface area contributed by atoms with Crippen molar-refractivity contribution in [2.75, 3.05) is 18.0 Å². The minimum atomic E-state index is 0.241. The van der Waals surface area contributed by atoms with Gasteiger partial charge in [0.1, 0.15) is 0 Å². The Bertz CT molecular complexity index is 438. The molecule has 1 aromatic carbocycles. The van der Waals surface area contributed by atoms with Crippen molar-refractivity contribution in [3.63, 3.8) is 0 Å². The van der Waals surface area contributed by atoms with Crippen molar-refractivity contribution in [2.45, 2.75) is 52.0 Å². The van der Waals surface area contributed by atoms with Crippen LogP contribution in [0.4, 0.5) is 5.69 Å². The van der Waals surface area contributed by atoms with E-state index in [9.17, 15) is 4.79 Å².